The number of hydrogen-bond acceptors (Lipinski definition) is 5. The van der Waals surface area contributed by atoms with Gasteiger partial charge in [-0.05, 0) is 19.3 Å². The molecule has 1 rings (SSSR count). The van der Waals surface area contributed by atoms with Crippen LogP contribution in [0.4, 0.5) is 0 Å². The molecule has 0 radical (unpaired) electrons. The first-order valence-electron chi connectivity index (χ1n) is 7.28. The summed E-state index contributed by atoms with van der Waals surface area (Å²) in [6, 6.07) is 0.385. The van der Waals surface area contributed by atoms with Crippen molar-refractivity contribution in [3.8, 4) is 6.07 Å². The van der Waals surface area contributed by atoms with Crippen molar-refractivity contribution >= 4 is 17.7 Å². The molecular weight excluding hydrogens is 288 g/mol. The van der Waals surface area contributed by atoms with Crippen molar-refractivity contribution in [3.05, 3.63) is 0 Å². The van der Waals surface area contributed by atoms with Gasteiger partial charge in [0.05, 0.1) is 12.2 Å². The molecule has 1 fully saturated rings. The Morgan fingerprint density at radius 3 is 2.68 bits per heavy atom. The lowest BCUT2D eigenvalue weighted by atomic mass is 10.1. The van der Waals surface area contributed by atoms with Gasteiger partial charge in [-0.3, -0.25) is 14.4 Å². The van der Waals surface area contributed by atoms with E-state index in [1.165, 1.54) is 11.8 Å². The van der Waals surface area contributed by atoms with Gasteiger partial charge < -0.3 is 21.1 Å². The van der Waals surface area contributed by atoms with Gasteiger partial charge in [0.2, 0.25) is 17.7 Å². The minimum atomic E-state index is -0.835. The molecule has 0 aromatic carbocycles. The normalized spacial score (nSPS) is 22.0. The highest BCUT2D eigenvalue weighted by Crippen LogP contribution is 2.18. The number of amides is 3. The average Bonchev–Trinajstić information content (AvgIpc) is 2.84. The van der Waals surface area contributed by atoms with E-state index in [2.05, 4.69) is 5.32 Å². The Hall–Kier alpha value is -2.14. The summed E-state index contributed by atoms with van der Waals surface area (Å²) in [4.78, 5) is 36.4. The molecule has 0 aliphatic carbocycles. The largest absolute Gasteiger partial charge is 0.391 e. The van der Waals surface area contributed by atoms with Crippen molar-refractivity contribution in [1.82, 2.24) is 10.2 Å². The molecule has 1 aliphatic heterocycles. The molecule has 0 saturated carbocycles. The third-order valence-electron chi connectivity index (χ3n) is 3.68. The molecule has 0 spiro atoms. The molecule has 122 valence electrons. The first-order chi connectivity index (χ1) is 10.4. The maximum absolute atomic E-state index is 12.2. The van der Waals surface area contributed by atoms with E-state index in [9.17, 15) is 19.5 Å². The van der Waals surface area contributed by atoms with E-state index in [0.717, 1.165) is 0 Å². The fraction of sp³-hybridized carbons (Fsp3) is 0.714. The SMILES string of the molecule is CC(=O)N1C[C@H](O)C[C@H]1C(=O)N[C@@H](CCCCC#N)C(N)=O. The number of nitriles is 1. The van der Waals surface area contributed by atoms with Crippen molar-refractivity contribution in [3.63, 3.8) is 0 Å². The fourth-order valence-corrected chi connectivity index (χ4v) is 2.52. The maximum atomic E-state index is 12.2. The number of primary amides is 1. The third kappa shape index (κ3) is 5.00. The number of carbonyl (C=O) groups excluding carboxylic acids is 3. The summed E-state index contributed by atoms with van der Waals surface area (Å²) in [6.07, 6.45) is 1.33. The third-order valence-corrected chi connectivity index (χ3v) is 3.68. The van der Waals surface area contributed by atoms with Crippen LogP contribution >= 0.6 is 0 Å². The van der Waals surface area contributed by atoms with Crippen molar-refractivity contribution in [2.45, 2.75) is 57.2 Å². The van der Waals surface area contributed by atoms with Crippen LogP contribution in [-0.4, -0.2) is 52.5 Å². The van der Waals surface area contributed by atoms with E-state index < -0.39 is 30.0 Å². The van der Waals surface area contributed by atoms with E-state index in [1.807, 2.05) is 6.07 Å². The van der Waals surface area contributed by atoms with Crippen LogP contribution in [0.3, 0.4) is 0 Å². The number of aliphatic hydroxyl groups is 1. The number of aliphatic hydroxyl groups excluding tert-OH is 1. The second-order valence-electron chi connectivity index (χ2n) is 5.44. The summed E-state index contributed by atoms with van der Waals surface area (Å²) in [5.41, 5.74) is 5.27. The fourth-order valence-electron chi connectivity index (χ4n) is 2.52. The number of hydrogen-bond donors (Lipinski definition) is 3. The average molecular weight is 310 g/mol. The van der Waals surface area contributed by atoms with Gasteiger partial charge >= 0.3 is 0 Å². The highest BCUT2D eigenvalue weighted by Gasteiger charge is 2.38. The molecule has 3 amide bonds. The number of β-amino-alcohol motifs (C(OH)–C–C–N with tert-alkyl or cyclic N) is 1. The Morgan fingerprint density at radius 1 is 1.45 bits per heavy atom. The number of carbonyl (C=O) groups is 3. The zero-order valence-electron chi connectivity index (χ0n) is 12.6. The molecule has 8 heteroatoms. The zero-order valence-corrected chi connectivity index (χ0v) is 12.6. The predicted molar refractivity (Wildman–Crippen MR) is 77.0 cm³/mol. The Balaban J connectivity index is 2.60. The lowest BCUT2D eigenvalue weighted by Crippen LogP contribution is -2.51. The summed E-state index contributed by atoms with van der Waals surface area (Å²) in [5.74, 6) is -1.45. The monoisotopic (exact) mass is 310 g/mol. The molecule has 8 nitrogen and oxygen atoms in total. The van der Waals surface area contributed by atoms with E-state index in [1.54, 1.807) is 0 Å². The number of unbranched alkanes of at least 4 members (excludes halogenated alkanes) is 2. The van der Waals surface area contributed by atoms with Crippen LogP contribution in [0.15, 0.2) is 0 Å². The smallest absolute Gasteiger partial charge is 0.243 e. The molecule has 0 aromatic heterocycles. The second kappa shape index (κ2) is 8.34. The van der Waals surface area contributed by atoms with Crippen LogP contribution in [0.5, 0.6) is 0 Å². The number of nitrogens with zero attached hydrogens (tertiary/aromatic N) is 2. The molecule has 1 saturated heterocycles. The highest BCUT2D eigenvalue weighted by molar-refractivity contribution is 5.91. The van der Waals surface area contributed by atoms with Crippen LogP contribution in [0, 0.1) is 11.3 Å². The Kier molecular flexibility index (Phi) is 6.79. The number of likely N-dealkylation sites (tertiary alicyclic amines) is 1. The number of nitrogens with two attached hydrogens (primary N) is 1. The molecule has 0 bridgehead atoms. The summed E-state index contributed by atoms with van der Waals surface area (Å²) in [5, 5.41) is 20.6. The first kappa shape index (κ1) is 17.9. The highest BCUT2D eigenvalue weighted by atomic mass is 16.3. The van der Waals surface area contributed by atoms with Gasteiger partial charge in [-0.25, -0.2) is 0 Å². The lowest BCUT2D eigenvalue weighted by molar-refractivity contribution is -0.138. The number of rotatable bonds is 7. The number of nitrogens with one attached hydrogen (secondary N) is 1. The van der Waals surface area contributed by atoms with Crippen LogP contribution in [-0.2, 0) is 14.4 Å². The lowest BCUT2D eigenvalue weighted by Gasteiger charge is -2.24. The van der Waals surface area contributed by atoms with Crippen LogP contribution < -0.4 is 11.1 Å². The van der Waals surface area contributed by atoms with Crippen molar-refractivity contribution in [2.24, 2.45) is 5.73 Å². The maximum Gasteiger partial charge on any atom is 0.243 e. The molecule has 0 unspecified atom stereocenters. The van der Waals surface area contributed by atoms with Gasteiger partial charge in [-0.2, -0.15) is 5.26 Å². The van der Waals surface area contributed by atoms with Crippen molar-refractivity contribution < 1.29 is 19.5 Å². The Morgan fingerprint density at radius 2 is 2.14 bits per heavy atom. The van der Waals surface area contributed by atoms with E-state index in [-0.39, 0.29) is 18.9 Å². The standard InChI is InChI=1S/C14H22N4O4/c1-9(19)18-8-10(20)7-12(18)14(22)17-11(13(16)21)5-3-2-4-6-15/h10-12,20H,2-5,7-8H2,1H3,(H2,16,21)(H,17,22)/t10-,11+,12+/m1/s1. The summed E-state index contributed by atoms with van der Waals surface area (Å²) >= 11 is 0. The van der Waals surface area contributed by atoms with Crippen molar-refractivity contribution in [1.29, 1.82) is 5.26 Å². The van der Waals surface area contributed by atoms with Gasteiger partial charge in [-0.1, -0.05) is 0 Å². The molecule has 22 heavy (non-hydrogen) atoms. The molecule has 1 aliphatic rings. The topological polar surface area (TPSA) is 137 Å². The van der Waals surface area contributed by atoms with E-state index in [0.29, 0.717) is 25.7 Å². The second-order valence-corrected chi connectivity index (χ2v) is 5.44. The Bertz CT molecular complexity index is 474. The summed E-state index contributed by atoms with van der Waals surface area (Å²) < 4.78 is 0. The van der Waals surface area contributed by atoms with Gasteiger partial charge in [0, 0.05) is 26.3 Å². The van der Waals surface area contributed by atoms with Crippen LogP contribution in [0.2, 0.25) is 0 Å². The van der Waals surface area contributed by atoms with Gasteiger partial charge in [0.1, 0.15) is 12.1 Å². The predicted octanol–water partition coefficient (Wildman–Crippen LogP) is -0.978. The van der Waals surface area contributed by atoms with Gasteiger partial charge in [0.25, 0.3) is 0 Å². The van der Waals surface area contributed by atoms with E-state index in [4.69, 9.17) is 11.0 Å². The Labute approximate surface area is 129 Å². The van der Waals surface area contributed by atoms with Gasteiger partial charge in [0.15, 0.2) is 0 Å². The summed E-state index contributed by atoms with van der Waals surface area (Å²) in [7, 11) is 0. The molecule has 1 heterocycles. The van der Waals surface area contributed by atoms with Gasteiger partial charge in [-0.15, -0.1) is 0 Å². The first-order valence-corrected chi connectivity index (χ1v) is 7.28. The molecule has 4 N–H and O–H groups in total. The molecule has 0 aromatic rings. The van der Waals surface area contributed by atoms with Crippen LogP contribution in [0.25, 0.3) is 0 Å². The molecular formula is C14H22N4O4. The quantitative estimate of drug-likeness (QED) is 0.519. The zero-order chi connectivity index (χ0) is 16.7. The van der Waals surface area contributed by atoms with E-state index >= 15 is 0 Å². The minimum Gasteiger partial charge on any atom is -0.391 e. The molecule has 3 atom stereocenters. The van der Waals surface area contributed by atoms with Crippen molar-refractivity contribution in [2.75, 3.05) is 6.54 Å². The minimum absolute atomic E-state index is 0.108. The van der Waals surface area contributed by atoms with Crippen LogP contribution in [0.1, 0.15) is 39.0 Å². The summed E-state index contributed by atoms with van der Waals surface area (Å²) in [6.45, 7) is 1.43.